The van der Waals surface area contributed by atoms with E-state index in [4.69, 9.17) is 9.84 Å². The van der Waals surface area contributed by atoms with Crippen LogP contribution in [0.25, 0.3) is 0 Å². The van der Waals surface area contributed by atoms with Crippen LogP contribution in [0.4, 0.5) is 5.69 Å². The third-order valence-corrected chi connectivity index (χ3v) is 2.88. The lowest BCUT2D eigenvalue weighted by molar-refractivity contribution is -0.384. The van der Waals surface area contributed by atoms with Crippen molar-refractivity contribution in [2.24, 2.45) is 5.92 Å². The van der Waals surface area contributed by atoms with Crippen LogP contribution in [0.2, 0.25) is 0 Å². The summed E-state index contributed by atoms with van der Waals surface area (Å²) in [6.07, 6.45) is 3.09. The summed E-state index contributed by atoms with van der Waals surface area (Å²) in [5.41, 5.74) is -0.0244. The van der Waals surface area contributed by atoms with Crippen LogP contribution in [-0.4, -0.2) is 33.6 Å². The summed E-state index contributed by atoms with van der Waals surface area (Å²) in [5, 5.41) is 19.5. The molecule has 0 aliphatic carbocycles. The van der Waals surface area contributed by atoms with Gasteiger partial charge in [-0.2, -0.15) is 0 Å². The fourth-order valence-corrected chi connectivity index (χ4v) is 1.94. The van der Waals surface area contributed by atoms with Gasteiger partial charge in [-0.15, -0.1) is 0 Å². The van der Waals surface area contributed by atoms with Crippen LogP contribution in [0.3, 0.4) is 0 Å². The van der Waals surface area contributed by atoms with Crippen molar-refractivity contribution in [3.63, 3.8) is 0 Å². The molecule has 2 heterocycles. The summed E-state index contributed by atoms with van der Waals surface area (Å²) < 4.78 is 7.00. The molecule has 1 aromatic heterocycles. The van der Waals surface area contributed by atoms with Crippen LogP contribution in [0.15, 0.2) is 18.5 Å². The van der Waals surface area contributed by atoms with Gasteiger partial charge in [0.2, 0.25) is 0 Å². The van der Waals surface area contributed by atoms with E-state index in [9.17, 15) is 14.9 Å². The molecule has 1 aliphatic rings. The van der Waals surface area contributed by atoms with Gasteiger partial charge < -0.3 is 19.2 Å². The molecule has 1 saturated heterocycles. The van der Waals surface area contributed by atoms with E-state index < -0.39 is 17.3 Å². The molecule has 1 aliphatic heterocycles. The molecule has 17 heavy (non-hydrogen) atoms. The highest BCUT2D eigenvalue weighted by atomic mass is 16.6. The number of rotatable bonds is 4. The molecule has 7 heteroatoms. The molecule has 1 N–H and O–H groups in total. The third-order valence-electron chi connectivity index (χ3n) is 2.88. The molecule has 1 aromatic rings. The number of aromatic nitrogens is 1. The largest absolute Gasteiger partial charge is 0.394 e. The summed E-state index contributed by atoms with van der Waals surface area (Å²) in [6.45, 7) is -0.233. The molecule has 0 aromatic carbocycles. The van der Waals surface area contributed by atoms with E-state index in [1.165, 1.54) is 18.5 Å². The molecule has 2 rings (SSSR count). The highest BCUT2D eigenvalue weighted by molar-refractivity contribution is 5.55. The molecule has 7 nitrogen and oxygen atoms in total. The fourth-order valence-electron chi connectivity index (χ4n) is 1.94. The van der Waals surface area contributed by atoms with Gasteiger partial charge in [-0.3, -0.25) is 10.1 Å². The van der Waals surface area contributed by atoms with Gasteiger partial charge in [0.1, 0.15) is 12.5 Å². The summed E-state index contributed by atoms with van der Waals surface area (Å²) in [6, 6.07) is 1.37. The minimum Gasteiger partial charge on any atom is -0.394 e. The van der Waals surface area contributed by atoms with Gasteiger partial charge in [0, 0.05) is 24.6 Å². The third kappa shape index (κ3) is 2.20. The zero-order chi connectivity index (χ0) is 12.4. The van der Waals surface area contributed by atoms with Gasteiger partial charge in [-0.05, 0) is 0 Å². The zero-order valence-electron chi connectivity index (χ0n) is 8.93. The van der Waals surface area contributed by atoms with E-state index >= 15 is 0 Å². The topological polar surface area (TPSA) is 94.6 Å². The first-order chi connectivity index (χ1) is 8.15. The monoisotopic (exact) mass is 240 g/mol. The van der Waals surface area contributed by atoms with Crippen molar-refractivity contribution in [1.82, 2.24) is 4.57 Å². The Balaban J connectivity index is 2.13. The van der Waals surface area contributed by atoms with Crippen molar-refractivity contribution >= 4 is 12.0 Å². The van der Waals surface area contributed by atoms with Crippen LogP contribution in [0.1, 0.15) is 12.6 Å². The maximum atomic E-state index is 10.8. The lowest BCUT2D eigenvalue weighted by atomic mass is 10.0. The van der Waals surface area contributed by atoms with Gasteiger partial charge in [0.25, 0.3) is 5.69 Å². The molecule has 0 bridgehead atoms. The van der Waals surface area contributed by atoms with E-state index in [0.717, 1.165) is 6.29 Å². The number of aliphatic hydroxyl groups excluding tert-OH is 1. The number of nitro groups is 1. The van der Waals surface area contributed by atoms with Crippen LogP contribution in [0.5, 0.6) is 0 Å². The number of carbonyl (C=O) groups is 1. The standard InChI is InChI=1S/C10H12N2O5/c13-5-7-3-10(17-9(7)6-14)11-2-1-8(4-11)12(15)16/h1-2,4-5,7,9-10,14H,3,6H2/t7-,9-,10-/m1/s1. The maximum Gasteiger partial charge on any atom is 0.286 e. The maximum absolute atomic E-state index is 10.8. The Hall–Kier alpha value is -1.73. The van der Waals surface area contributed by atoms with Gasteiger partial charge in [-0.1, -0.05) is 0 Å². The Morgan fingerprint density at radius 3 is 2.94 bits per heavy atom. The average molecular weight is 240 g/mol. The number of hydrogen-bond donors (Lipinski definition) is 1. The molecule has 0 saturated carbocycles. The lowest BCUT2D eigenvalue weighted by Crippen LogP contribution is -2.21. The molecular formula is C10H12N2O5. The van der Waals surface area contributed by atoms with Crippen LogP contribution < -0.4 is 0 Å². The molecule has 3 atom stereocenters. The lowest BCUT2D eigenvalue weighted by Gasteiger charge is -2.13. The van der Waals surface area contributed by atoms with E-state index in [0.29, 0.717) is 6.42 Å². The number of ether oxygens (including phenoxy) is 1. The number of aldehydes is 1. The first kappa shape index (κ1) is 11.7. The van der Waals surface area contributed by atoms with Crippen molar-refractivity contribution in [3.05, 3.63) is 28.6 Å². The first-order valence-electron chi connectivity index (χ1n) is 5.19. The minimum atomic E-state index is -0.529. The van der Waals surface area contributed by atoms with Crippen LogP contribution >= 0.6 is 0 Å². The molecule has 1 fully saturated rings. The van der Waals surface area contributed by atoms with Crippen molar-refractivity contribution in [2.45, 2.75) is 18.8 Å². The van der Waals surface area contributed by atoms with E-state index in [1.807, 2.05) is 0 Å². The number of aliphatic hydroxyl groups is 1. The Kier molecular flexibility index (Phi) is 3.21. The Labute approximate surface area is 96.8 Å². The van der Waals surface area contributed by atoms with Gasteiger partial charge in [0.15, 0.2) is 0 Å². The smallest absolute Gasteiger partial charge is 0.286 e. The average Bonchev–Trinajstić information content (AvgIpc) is 2.94. The Morgan fingerprint density at radius 2 is 2.47 bits per heavy atom. The summed E-state index contributed by atoms with van der Waals surface area (Å²) in [4.78, 5) is 20.8. The minimum absolute atomic E-state index is 0.0244. The number of carbonyl (C=O) groups excluding carboxylic acids is 1. The van der Waals surface area contributed by atoms with Gasteiger partial charge in [-0.25, -0.2) is 0 Å². The second-order valence-corrected chi connectivity index (χ2v) is 3.92. The van der Waals surface area contributed by atoms with Crippen molar-refractivity contribution in [3.8, 4) is 0 Å². The van der Waals surface area contributed by atoms with Crippen LogP contribution in [-0.2, 0) is 9.53 Å². The highest BCUT2D eigenvalue weighted by Gasteiger charge is 2.35. The predicted molar refractivity (Wildman–Crippen MR) is 56.3 cm³/mol. The number of nitrogens with zero attached hydrogens (tertiary/aromatic N) is 2. The Morgan fingerprint density at radius 1 is 1.71 bits per heavy atom. The Bertz CT molecular complexity index is 430. The first-order valence-corrected chi connectivity index (χ1v) is 5.19. The molecule has 0 unspecified atom stereocenters. The normalized spacial score (nSPS) is 28.2. The van der Waals surface area contributed by atoms with Gasteiger partial charge in [0.05, 0.1) is 23.8 Å². The number of hydrogen-bond acceptors (Lipinski definition) is 5. The molecule has 0 amide bonds. The van der Waals surface area contributed by atoms with E-state index in [1.54, 1.807) is 4.57 Å². The van der Waals surface area contributed by atoms with Gasteiger partial charge >= 0.3 is 0 Å². The summed E-state index contributed by atoms with van der Waals surface area (Å²) in [7, 11) is 0. The highest BCUT2D eigenvalue weighted by Crippen LogP contribution is 2.33. The summed E-state index contributed by atoms with van der Waals surface area (Å²) in [5.74, 6) is -0.369. The second kappa shape index (κ2) is 4.64. The predicted octanol–water partition coefficient (Wildman–Crippen LogP) is 0.491. The van der Waals surface area contributed by atoms with Crippen molar-refractivity contribution < 1.29 is 19.6 Å². The zero-order valence-corrected chi connectivity index (χ0v) is 8.93. The second-order valence-electron chi connectivity index (χ2n) is 3.92. The van der Waals surface area contributed by atoms with Crippen molar-refractivity contribution in [1.29, 1.82) is 0 Å². The molecule has 0 spiro atoms. The van der Waals surface area contributed by atoms with Crippen LogP contribution in [0, 0.1) is 16.0 Å². The quantitative estimate of drug-likeness (QED) is 0.469. The molecule has 0 radical (unpaired) electrons. The molecule has 92 valence electrons. The summed E-state index contributed by atoms with van der Waals surface area (Å²) >= 11 is 0. The van der Waals surface area contributed by atoms with E-state index in [2.05, 4.69) is 0 Å². The van der Waals surface area contributed by atoms with E-state index in [-0.39, 0.29) is 18.2 Å². The molecular weight excluding hydrogens is 228 g/mol. The fraction of sp³-hybridized carbons (Fsp3) is 0.500. The SMILES string of the molecule is O=C[C@H]1C[C@H](n2ccc([N+](=O)[O-])c2)O[C@@H]1CO. The van der Waals surface area contributed by atoms with Crippen molar-refractivity contribution in [2.75, 3.05) is 6.61 Å².